The molecular formula is C22H25FN2O. The van der Waals surface area contributed by atoms with Crippen LogP contribution < -0.4 is 0 Å². The Balaban J connectivity index is 1.59. The first-order valence-electron chi connectivity index (χ1n) is 9.69. The molecular weight excluding hydrogens is 327 g/mol. The van der Waals surface area contributed by atoms with Crippen LogP contribution >= 0.6 is 0 Å². The van der Waals surface area contributed by atoms with Crippen molar-refractivity contribution >= 4 is 6.08 Å². The molecule has 1 aliphatic heterocycles. The molecule has 2 fully saturated rings. The Morgan fingerprint density at radius 3 is 2.81 bits per heavy atom. The van der Waals surface area contributed by atoms with Gasteiger partial charge in [-0.25, -0.2) is 9.07 Å². The second-order valence-electron chi connectivity index (χ2n) is 8.59. The Morgan fingerprint density at radius 1 is 1.27 bits per heavy atom. The Morgan fingerprint density at radius 2 is 2.08 bits per heavy atom. The molecule has 0 amide bonds. The van der Waals surface area contributed by atoms with E-state index in [9.17, 15) is 4.39 Å². The van der Waals surface area contributed by atoms with E-state index in [4.69, 9.17) is 4.74 Å². The standard InChI is InChI=1S/C22H25FN2O/c1-15-11-22(26-14-15)9-3-4-17-10-20-16(12-21(17,22)2)13-24-25(20)19-7-5-18(23)6-8-19/h5-8,10,13,15H,3-4,9,11-12,14H2,1-2H3/t15?,21-,22+/m0/s1. The second kappa shape index (κ2) is 5.53. The van der Waals surface area contributed by atoms with Gasteiger partial charge in [-0.05, 0) is 73.9 Å². The zero-order valence-electron chi connectivity index (χ0n) is 15.5. The average molecular weight is 352 g/mol. The quantitative estimate of drug-likeness (QED) is 0.727. The van der Waals surface area contributed by atoms with Crippen LogP contribution in [0.25, 0.3) is 11.8 Å². The molecule has 4 heteroatoms. The lowest BCUT2D eigenvalue weighted by Gasteiger charge is -2.52. The van der Waals surface area contributed by atoms with Crippen LogP contribution in [0, 0.1) is 17.2 Å². The summed E-state index contributed by atoms with van der Waals surface area (Å²) in [7, 11) is 0. The third-order valence-electron chi connectivity index (χ3n) is 6.88. The van der Waals surface area contributed by atoms with Crippen molar-refractivity contribution in [3.63, 3.8) is 0 Å². The topological polar surface area (TPSA) is 27.1 Å². The van der Waals surface area contributed by atoms with E-state index in [-0.39, 0.29) is 16.8 Å². The number of halogens is 1. The minimum absolute atomic E-state index is 0.0217. The molecule has 3 atom stereocenters. The van der Waals surface area contributed by atoms with Crippen LogP contribution in [-0.4, -0.2) is 22.0 Å². The first-order chi connectivity index (χ1) is 12.5. The largest absolute Gasteiger partial charge is 0.374 e. The summed E-state index contributed by atoms with van der Waals surface area (Å²) in [5, 5.41) is 4.63. The number of hydrogen-bond donors (Lipinski definition) is 0. The third kappa shape index (κ3) is 2.18. The molecule has 3 aliphatic rings. The zero-order chi connectivity index (χ0) is 17.9. The van der Waals surface area contributed by atoms with Crippen molar-refractivity contribution in [1.82, 2.24) is 9.78 Å². The van der Waals surface area contributed by atoms with Gasteiger partial charge < -0.3 is 4.74 Å². The fraction of sp³-hybridized carbons (Fsp3) is 0.500. The van der Waals surface area contributed by atoms with Gasteiger partial charge in [0.05, 0.1) is 29.8 Å². The van der Waals surface area contributed by atoms with E-state index in [2.05, 4.69) is 25.0 Å². The first-order valence-corrected chi connectivity index (χ1v) is 9.69. The summed E-state index contributed by atoms with van der Waals surface area (Å²) >= 11 is 0. The van der Waals surface area contributed by atoms with Gasteiger partial charge in [0.15, 0.2) is 0 Å². The minimum atomic E-state index is -0.220. The number of nitrogens with zero attached hydrogens (tertiary/aromatic N) is 2. The maximum atomic E-state index is 13.3. The molecule has 1 saturated carbocycles. The highest BCUT2D eigenvalue weighted by molar-refractivity contribution is 5.62. The maximum Gasteiger partial charge on any atom is 0.123 e. The first kappa shape index (κ1) is 16.2. The van der Waals surface area contributed by atoms with Crippen molar-refractivity contribution < 1.29 is 9.13 Å². The summed E-state index contributed by atoms with van der Waals surface area (Å²) in [4.78, 5) is 0. The van der Waals surface area contributed by atoms with Gasteiger partial charge in [-0.3, -0.25) is 0 Å². The van der Waals surface area contributed by atoms with Crippen LogP contribution in [0.4, 0.5) is 4.39 Å². The number of hydrogen-bond acceptors (Lipinski definition) is 2. The molecule has 26 heavy (non-hydrogen) atoms. The highest BCUT2D eigenvalue weighted by Gasteiger charge is 2.57. The summed E-state index contributed by atoms with van der Waals surface area (Å²) in [6.07, 6.45) is 9.93. The van der Waals surface area contributed by atoms with Gasteiger partial charge in [0.1, 0.15) is 5.82 Å². The van der Waals surface area contributed by atoms with Gasteiger partial charge in [0.25, 0.3) is 0 Å². The van der Waals surface area contributed by atoms with Crippen LogP contribution in [0.2, 0.25) is 0 Å². The number of rotatable bonds is 1. The summed E-state index contributed by atoms with van der Waals surface area (Å²) in [6.45, 7) is 5.58. The highest BCUT2D eigenvalue weighted by atomic mass is 19.1. The van der Waals surface area contributed by atoms with Crippen molar-refractivity contribution in [1.29, 1.82) is 0 Å². The van der Waals surface area contributed by atoms with Crippen molar-refractivity contribution in [2.24, 2.45) is 11.3 Å². The Labute approximate surface area is 153 Å². The number of aromatic nitrogens is 2. The number of fused-ring (bicyclic) bond motifs is 3. The second-order valence-corrected chi connectivity index (χ2v) is 8.59. The molecule has 1 aromatic heterocycles. The molecule has 5 rings (SSSR count). The number of ether oxygens (including phenoxy) is 1. The zero-order valence-corrected chi connectivity index (χ0v) is 15.5. The smallest absolute Gasteiger partial charge is 0.123 e. The lowest BCUT2D eigenvalue weighted by molar-refractivity contribution is -0.0953. The van der Waals surface area contributed by atoms with Gasteiger partial charge in [-0.15, -0.1) is 0 Å². The Bertz CT molecular complexity index is 880. The molecule has 2 heterocycles. The summed E-state index contributed by atoms with van der Waals surface area (Å²) in [5.74, 6) is 0.414. The number of benzene rings is 1. The van der Waals surface area contributed by atoms with Crippen molar-refractivity contribution in [2.75, 3.05) is 6.61 Å². The molecule has 1 saturated heterocycles. The van der Waals surface area contributed by atoms with Crippen molar-refractivity contribution in [2.45, 2.75) is 51.6 Å². The van der Waals surface area contributed by atoms with E-state index in [1.165, 1.54) is 29.7 Å². The van der Waals surface area contributed by atoms with Crippen molar-refractivity contribution in [3.05, 3.63) is 53.1 Å². The van der Waals surface area contributed by atoms with Crippen LogP contribution in [-0.2, 0) is 11.2 Å². The maximum absolute atomic E-state index is 13.3. The molecule has 0 N–H and O–H groups in total. The van der Waals surface area contributed by atoms with Crippen LogP contribution in [0.1, 0.15) is 50.8 Å². The van der Waals surface area contributed by atoms with E-state index < -0.39 is 0 Å². The van der Waals surface area contributed by atoms with E-state index >= 15 is 0 Å². The van der Waals surface area contributed by atoms with Crippen LogP contribution in [0.5, 0.6) is 0 Å². The Hall–Kier alpha value is -1.94. The van der Waals surface area contributed by atoms with Gasteiger partial charge in [0, 0.05) is 5.41 Å². The van der Waals surface area contributed by atoms with E-state index in [1.54, 1.807) is 12.1 Å². The molecule has 0 bridgehead atoms. The summed E-state index contributed by atoms with van der Waals surface area (Å²) in [6, 6.07) is 6.57. The fourth-order valence-electron chi connectivity index (χ4n) is 5.47. The molecule has 0 radical (unpaired) electrons. The predicted molar refractivity (Wildman–Crippen MR) is 99.6 cm³/mol. The predicted octanol–water partition coefficient (Wildman–Crippen LogP) is 4.94. The van der Waals surface area contributed by atoms with E-state index in [1.807, 2.05) is 10.9 Å². The average Bonchev–Trinajstić information content (AvgIpc) is 3.19. The lowest BCUT2D eigenvalue weighted by atomic mass is 9.56. The minimum Gasteiger partial charge on any atom is -0.374 e. The van der Waals surface area contributed by atoms with E-state index in [0.717, 1.165) is 43.7 Å². The van der Waals surface area contributed by atoms with Gasteiger partial charge >= 0.3 is 0 Å². The molecule has 1 aromatic carbocycles. The normalized spacial score (nSPS) is 33.0. The van der Waals surface area contributed by atoms with Gasteiger partial charge in [-0.1, -0.05) is 19.4 Å². The Kier molecular flexibility index (Phi) is 3.45. The summed E-state index contributed by atoms with van der Waals surface area (Å²) < 4.78 is 21.7. The molecule has 2 aromatic rings. The van der Waals surface area contributed by atoms with Crippen molar-refractivity contribution in [3.8, 4) is 5.69 Å². The highest BCUT2D eigenvalue weighted by Crippen LogP contribution is 2.58. The fourth-order valence-corrected chi connectivity index (χ4v) is 5.47. The van der Waals surface area contributed by atoms with Crippen LogP contribution in [0.3, 0.4) is 0 Å². The molecule has 3 nitrogen and oxygen atoms in total. The third-order valence-corrected chi connectivity index (χ3v) is 6.88. The van der Waals surface area contributed by atoms with Gasteiger partial charge in [-0.2, -0.15) is 5.10 Å². The SMILES string of the molecule is CC1CO[C@]2(CCCC3=Cc4c(cnn4-c4ccc(F)cc4)C[C@@]32C)C1. The summed E-state index contributed by atoms with van der Waals surface area (Å²) in [5.41, 5.74) is 4.85. The van der Waals surface area contributed by atoms with Crippen LogP contribution in [0.15, 0.2) is 36.0 Å². The monoisotopic (exact) mass is 352 g/mol. The van der Waals surface area contributed by atoms with E-state index in [0.29, 0.717) is 5.92 Å². The molecule has 1 spiro atoms. The lowest BCUT2D eigenvalue weighted by Crippen LogP contribution is -2.52. The molecule has 136 valence electrons. The van der Waals surface area contributed by atoms with Gasteiger partial charge in [0.2, 0.25) is 0 Å². The molecule has 2 aliphatic carbocycles. The molecule has 1 unspecified atom stereocenters.